The van der Waals surface area contributed by atoms with Gasteiger partial charge in [-0.1, -0.05) is 0 Å². The van der Waals surface area contributed by atoms with E-state index in [1.54, 1.807) is 0 Å². The Morgan fingerprint density at radius 1 is 1.42 bits per heavy atom. The van der Waals surface area contributed by atoms with Crippen molar-refractivity contribution in [2.45, 2.75) is 12.8 Å². The minimum Gasteiger partial charge on any atom is -0.475 e. The van der Waals surface area contributed by atoms with Crippen molar-refractivity contribution in [2.75, 3.05) is 0 Å². The summed E-state index contributed by atoms with van der Waals surface area (Å²) in [7, 11) is 0. The lowest BCUT2D eigenvalue weighted by molar-refractivity contribution is -0.306. The number of ether oxygens (including phenoxy) is 2. The summed E-state index contributed by atoms with van der Waals surface area (Å²) in [6.07, 6.45) is -2.31. The van der Waals surface area contributed by atoms with Crippen molar-refractivity contribution >= 4 is 11.8 Å². The average Bonchev–Trinajstić information content (AvgIpc) is 2.27. The summed E-state index contributed by atoms with van der Waals surface area (Å²) in [4.78, 5) is 22.3. The van der Waals surface area contributed by atoms with Crippen LogP contribution in [0.3, 0.4) is 0 Å². The van der Waals surface area contributed by atoms with E-state index in [4.69, 9.17) is 9.84 Å². The summed E-state index contributed by atoms with van der Waals surface area (Å²) < 4.78 is 44.8. The van der Waals surface area contributed by atoms with E-state index in [0.29, 0.717) is 0 Å². The van der Waals surface area contributed by atoms with Crippen LogP contribution >= 0.6 is 0 Å². The molecule has 0 bridgehead atoms. The number of carboxylic acids is 1. The second kappa shape index (κ2) is 4.45. The first-order valence-corrected chi connectivity index (χ1v) is 5.09. The average molecular weight is 276 g/mol. The van der Waals surface area contributed by atoms with E-state index in [1.165, 1.54) is 0 Å². The molecular formula is C11H7F3O5. The molecule has 0 aromatic heterocycles. The van der Waals surface area contributed by atoms with Crippen LogP contribution in [0, 0.1) is 5.92 Å². The van der Waals surface area contributed by atoms with Crippen molar-refractivity contribution in [1.82, 2.24) is 0 Å². The Kier molecular flexibility index (Phi) is 3.09. The minimum atomic E-state index is -4.84. The minimum absolute atomic E-state index is 0.000533. The molecule has 1 atom stereocenters. The zero-order chi connectivity index (χ0) is 14.2. The van der Waals surface area contributed by atoms with E-state index in [9.17, 15) is 22.8 Å². The zero-order valence-electron chi connectivity index (χ0n) is 9.23. The van der Waals surface area contributed by atoms with Crippen molar-refractivity contribution in [3.63, 3.8) is 0 Å². The number of fused-ring (bicyclic) bond motifs is 1. The molecule has 0 aromatic rings. The molecule has 0 fully saturated rings. The largest absolute Gasteiger partial charge is 0.572 e. The number of ketones is 1. The van der Waals surface area contributed by atoms with Gasteiger partial charge >= 0.3 is 12.3 Å². The van der Waals surface area contributed by atoms with Crippen LogP contribution in [-0.4, -0.2) is 23.2 Å². The van der Waals surface area contributed by atoms with E-state index in [1.807, 2.05) is 0 Å². The standard InChI is InChI=1S/C11H7F3O5/c12-11(13,14)19-5-1-2-8-6(3-5)7(15)4-9(18-8)10(16)17/h1-2,4,6H,3H2,(H,16,17). The second-order valence-electron chi connectivity index (χ2n) is 3.82. The third kappa shape index (κ3) is 2.95. The Labute approximate surface area is 104 Å². The van der Waals surface area contributed by atoms with Crippen LogP contribution in [0.15, 0.2) is 35.5 Å². The predicted octanol–water partition coefficient (Wildman–Crippen LogP) is 1.88. The maximum atomic E-state index is 12.0. The van der Waals surface area contributed by atoms with E-state index in [2.05, 4.69) is 4.74 Å². The van der Waals surface area contributed by atoms with Gasteiger partial charge in [0.2, 0.25) is 5.76 Å². The van der Waals surface area contributed by atoms with Crippen LogP contribution in [0.4, 0.5) is 13.2 Å². The van der Waals surface area contributed by atoms with Crippen molar-refractivity contribution in [3.8, 4) is 0 Å². The smallest absolute Gasteiger partial charge is 0.475 e. The SMILES string of the molecule is O=C(O)C1=CC(=O)C2CC(OC(F)(F)F)=CC=C2O1. The quantitative estimate of drug-likeness (QED) is 0.833. The zero-order valence-corrected chi connectivity index (χ0v) is 9.23. The van der Waals surface area contributed by atoms with Crippen molar-refractivity contribution in [3.05, 3.63) is 35.5 Å². The summed E-state index contributed by atoms with van der Waals surface area (Å²) in [5.41, 5.74) is 0. The van der Waals surface area contributed by atoms with Crippen LogP contribution < -0.4 is 0 Å². The lowest BCUT2D eigenvalue weighted by atomic mass is 9.90. The number of allylic oxidation sites excluding steroid dienone is 5. The van der Waals surface area contributed by atoms with E-state index in [-0.39, 0.29) is 12.2 Å². The monoisotopic (exact) mass is 276 g/mol. The number of halogens is 3. The molecule has 19 heavy (non-hydrogen) atoms. The summed E-state index contributed by atoms with van der Waals surface area (Å²) in [5, 5.41) is 8.69. The number of alkyl halides is 3. The Bertz CT molecular complexity index is 527. The number of rotatable bonds is 2. The Hall–Kier alpha value is -2.25. The van der Waals surface area contributed by atoms with E-state index in [0.717, 1.165) is 18.2 Å². The van der Waals surface area contributed by atoms with Crippen LogP contribution in [0.1, 0.15) is 6.42 Å². The maximum absolute atomic E-state index is 12.0. The topological polar surface area (TPSA) is 72.8 Å². The number of hydrogen-bond donors (Lipinski definition) is 1. The fourth-order valence-electron chi connectivity index (χ4n) is 1.72. The van der Waals surface area contributed by atoms with Gasteiger partial charge in [-0.3, -0.25) is 4.79 Å². The number of carbonyl (C=O) groups is 2. The first kappa shape index (κ1) is 13.2. The Balaban J connectivity index is 2.21. The number of carbonyl (C=O) groups excluding carboxylic acids is 1. The lowest BCUT2D eigenvalue weighted by Crippen LogP contribution is -2.28. The first-order chi connectivity index (χ1) is 8.76. The highest BCUT2D eigenvalue weighted by Gasteiger charge is 2.38. The molecule has 2 rings (SSSR count). The fourth-order valence-corrected chi connectivity index (χ4v) is 1.72. The second-order valence-corrected chi connectivity index (χ2v) is 3.82. The number of hydrogen-bond acceptors (Lipinski definition) is 4. The summed E-state index contributed by atoms with van der Waals surface area (Å²) in [5.74, 6) is -4.02. The summed E-state index contributed by atoms with van der Waals surface area (Å²) in [6.45, 7) is 0. The van der Waals surface area contributed by atoms with Crippen LogP contribution in [0.25, 0.3) is 0 Å². The van der Waals surface area contributed by atoms with Crippen molar-refractivity contribution < 1.29 is 37.3 Å². The van der Waals surface area contributed by atoms with Gasteiger partial charge in [0.05, 0.1) is 5.92 Å². The molecule has 1 N–H and O–H groups in total. The molecule has 1 aliphatic heterocycles. The number of aliphatic carboxylic acids is 1. The third-order valence-electron chi connectivity index (χ3n) is 2.48. The van der Waals surface area contributed by atoms with Gasteiger partial charge in [0.25, 0.3) is 0 Å². The van der Waals surface area contributed by atoms with Gasteiger partial charge in [-0.05, 0) is 12.2 Å². The highest BCUT2D eigenvalue weighted by atomic mass is 19.4. The molecule has 1 aliphatic carbocycles. The van der Waals surface area contributed by atoms with Gasteiger partial charge in [-0.15, -0.1) is 13.2 Å². The predicted molar refractivity (Wildman–Crippen MR) is 53.2 cm³/mol. The fraction of sp³-hybridized carbons (Fsp3) is 0.273. The number of carboxylic acid groups (broad SMARTS) is 1. The Morgan fingerprint density at radius 2 is 2.11 bits per heavy atom. The first-order valence-electron chi connectivity index (χ1n) is 5.09. The lowest BCUT2D eigenvalue weighted by Gasteiger charge is -2.26. The molecule has 0 amide bonds. The maximum Gasteiger partial charge on any atom is 0.572 e. The molecule has 0 saturated heterocycles. The molecular weight excluding hydrogens is 269 g/mol. The molecule has 0 aromatic carbocycles. The van der Waals surface area contributed by atoms with Gasteiger partial charge < -0.3 is 14.6 Å². The molecule has 102 valence electrons. The molecule has 0 spiro atoms. The van der Waals surface area contributed by atoms with E-state index >= 15 is 0 Å². The van der Waals surface area contributed by atoms with E-state index < -0.39 is 35.6 Å². The van der Waals surface area contributed by atoms with Gasteiger partial charge in [0, 0.05) is 12.5 Å². The summed E-state index contributed by atoms with van der Waals surface area (Å²) >= 11 is 0. The normalized spacial score (nSPS) is 22.6. The summed E-state index contributed by atoms with van der Waals surface area (Å²) in [6, 6.07) is 0. The molecule has 2 aliphatic rings. The molecule has 1 unspecified atom stereocenters. The molecule has 0 saturated carbocycles. The van der Waals surface area contributed by atoms with Crippen LogP contribution in [-0.2, 0) is 19.1 Å². The van der Waals surface area contributed by atoms with Gasteiger partial charge in [0.1, 0.15) is 11.5 Å². The third-order valence-corrected chi connectivity index (χ3v) is 2.48. The highest BCUT2D eigenvalue weighted by molar-refractivity contribution is 6.01. The molecule has 5 nitrogen and oxygen atoms in total. The van der Waals surface area contributed by atoms with Gasteiger partial charge in [-0.25, -0.2) is 4.79 Å². The highest BCUT2D eigenvalue weighted by Crippen LogP contribution is 2.35. The van der Waals surface area contributed by atoms with Gasteiger partial charge in [-0.2, -0.15) is 0 Å². The molecule has 1 heterocycles. The van der Waals surface area contributed by atoms with Crippen molar-refractivity contribution in [2.24, 2.45) is 5.92 Å². The van der Waals surface area contributed by atoms with Crippen LogP contribution in [0.2, 0.25) is 0 Å². The Morgan fingerprint density at radius 3 is 2.68 bits per heavy atom. The molecule has 0 radical (unpaired) electrons. The van der Waals surface area contributed by atoms with Gasteiger partial charge in [0.15, 0.2) is 5.78 Å². The molecule has 8 heteroatoms. The van der Waals surface area contributed by atoms with Crippen LogP contribution in [0.5, 0.6) is 0 Å². The van der Waals surface area contributed by atoms with Crippen molar-refractivity contribution in [1.29, 1.82) is 0 Å².